The molecule has 0 radical (unpaired) electrons. The molecule has 1 heteroatoms. The molecule has 0 bridgehead atoms. The van der Waals surface area contributed by atoms with Crippen molar-refractivity contribution in [3.8, 4) is 11.3 Å². The zero-order chi connectivity index (χ0) is 18.9. The summed E-state index contributed by atoms with van der Waals surface area (Å²) in [4.78, 5) is 0. The lowest BCUT2D eigenvalue weighted by atomic mass is 9.59. The van der Waals surface area contributed by atoms with Gasteiger partial charge in [-0.15, -0.1) is 0 Å². The SMILES string of the molecule is C=CC1(CC)[n+]2ccc(CCCC)c(C)c2-c2ccccc2C1(C)CC. The van der Waals surface area contributed by atoms with Gasteiger partial charge in [-0.05, 0) is 56.4 Å². The Morgan fingerprint density at radius 1 is 1.08 bits per heavy atom. The number of nitrogens with zero attached hydrogens (tertiary/aromatic N) is 1. The van der Waals surface area contributed by atoms with E-state index in [1.807, 2.05) is 0 Å². The molecule has 1 aliphatic heterocycles. The average molecular weight is 349 g/mol. The molecule has 1 aromatic carbocycles. The minimum atomic E-state index is -0.0977. The first-order valence-corrected chi connectivity index (χ1v) is 10.3. The second-order valence-electron chi connectivity index (χ2n) is 8.00. The van der Waals surface area contributed by atoms with Gasteiger partial charge >= 0.3 is 0 Å². The Labute approximate surface area is 159 Å². The van der Waals surface area contributed by atoms with Crippen LogP contribution in [0.4, 0.5) is 0 Å². The van der Waals surface area contributed by atoms with E-state index in [1.54, 1.807) is 0 Å². The standard InChI is InChI=1S/C25H34N/c1-7-11-14-20-17-18-26-23(19(20)5)21-15-12-13-16-22(21)24(6,8-2)25(26,9-3)10-4/h9,12-13,15-18H,3,7-8,10-11,14H2,1-2,4-6H3/q+1. The lowest BCUT2D eigenvalue weighted by Crippen LogP contribution is -2.68. The van der Waals surface area contributed by atoms with E-state index >= 15 is 0 Å². The van der Waals surface area contributed by atoms with Crippen LogP contribution in [-0.4, -0.2) is 0 Å². The molecule has 26 heavy (non-hydrogen) atoms. The van der Waals surface area contributed by atoms with Crippen molar-refractivity contribution in [2.75, 3.05) is 0 Å². The van der Waals surface area contributed by atoms with Crippen LogP contribution in [0, 0.1) is 6.92 Å². The molecular weight excluding hydrogens is 314 g/mol. The molecule has 0 amide bonds. The second-order valence-corrected chi connectivity index (χ2v) is 8.00. The topological polar surface area (TPSA) is 3.88 Å². The first kappa shape index (κ1) is 18.9. The van der Waals surface area contributed by atoms with Gasteiger partial charge in [-0.25, -0.2) is 0 Å². The molecule has 2 atom stereocenters. The molecule has 2 unspecified atom stereocenters. The van der Waals surface area contributed by atoms with Crippen molar-refractivity contribution in [3.05, 3.63) is 65.9 Å². The fourth-order valence-corrected chi connectivity index (χ4v) is 5.19. The molecule has 0 saturated heterocycles. The number of fused-ring (bicyclic) bond motifs is 3. The highest BCUT2D eigenvalue weighted by Gasteiger charge is 2.57. The van der Waals surface area contributed by atoms with Crippen molar-refractivity contribution in [1.82, 2.24) is 0 Å². The van der Waals surface area contributed by atoms with Gasteiger partial charge in [0.25, 0.3) is 0 Å². The lowest BCUT2D eigenvalue weighted by Gasteiger charge is -2.46. The van der Waals surface area contributed by atoms with Crippen LogP contribution in [-0.2, 0) is 17.4 Å². The van der Waals surface area contributed by atoms with E-state index in [9.17, 15) is 0 Å². The number of hydrogen-bond acceptors (Lipinski definition) is 0. The molecule has 0 aliphatic carbocycles. The smallest absolute Gasteiger partial charge is 0.188 e. The van der Waals surface area contributed by atoms with Crippen LogP contribution >= 0.6 is 0 Å². The predicted molar refractivity (Wildman–Crippen MR) is 112 cm³/mol. The first-order chi connectivity index (χ1) is 12.5. The molecule has 1 nitrogen and oxygen atoms in total. The summed E-state index contributed by atoms with van der Waals surface area (Å²) < 4.78 is 2.54. The van der Waals surface area contributed by atoms with Gasteiger partial charge < -0.3 is 0 Å². The average Bonchev–Trinajstić information content (AvgIpc) is 2.68. The first-order valence-electron chi connectivity index (χ1n) is 10.3. The molecule has 1 aliphatic rings. The minimum absolute atomic E-state index is 0.0368. The Balaban J connectivity index is 2.39. The molecular formula is C25H34N+. The minimum Gasteiger partial charge on any atom is -0.188 e. The monoisotopic (exact) mass is 348 g/mol. The van der Waals surface area contributed by atoms with Gasteiger partial charge in [0, 0.05) is 18.1 Å². The maximum atomic E-state index is 4.32. The fraction of sp³-hybridized carbons (Fsp3) is 0.480. The summed E-state index contributed by atoms with van der Waals surface area (Å²) in [6.07, 6.45) is 10.3. The highest BCUT2D eigenvalue weighted by molar-refractivity contribution is 5.69. The van der Waals surface area contributed by atoms with Gasteiger partial charge in [0.15, 0.2) is 11.7 Å². The Morgan fingerprint density at radius 2 is 1.81 bits per heavy atom. The van der Waals surface area contributed by atoms with Gasteiger partial charge in [0.2, 0.25) is 5.69 Å². The third-order valence-electron chi connectivity index (χ3n) is 7.05. The van der Waals surface area contributed by atoms with E-state index in [0.29, 0.717) is 0 Å². The van der Waals surface area contributed by atoms with Gasteiger partial charge in [0.05, 0.1) is 11.0 Å². The summed E-state index contributed by atoms with van der Waals surface area (Å²) in [7, 11) is 0. The summed E-state index contributed by atoms with van der Waals surface area (Å²) in [5, 5.41) is 0. The van der Waals surface area contributed by atoms with E-state index in [2.05, 4.69) is 88.4 Å². The Bertz CT molecular complexity index is 819. The van der Waals surface area contributed by atoms with Crippen LogP contribution in [0.5, 0.6) is 0 Å². The number of allylic oxidation sites excluding steroid dienone is 1. The number of hydrogen-bond donors (Lipinski definition) is 0. The summed E-state index contributed by atoms with van der Waals surface area (Å²) in [6, 6.07) is 11.4. The molecule has 0 N–H and O–H groups in total. The van der Waals surface area contributed by atoms with Crippen LogP contribution in [0.1, 0.15) is 70.1 Å². The van der Waals surface area contributed by atoms with Crippen molar-refractivity contribution >= 4 is 0 Å². The van der Waals surface area contributed by atoms with Crippen molar-refractivity contribution < 1.29 is 4.57 Å². The summed E-state index contributed by atoms with van der Waals surface area (Å²) in [5.41, 5.74) is 7.13. The van der Waals surface area contributed by atoms with E-state index in [1.165, 1.54) is 40.8 Å². The van der Waals surface area contributed by atoms with E-state index in [4.69, 9.17) is 0 Å². The number of aryl methyl sites for hydroxylation is 1. The number of benzene rings is 1. The Morgan fingerprint density at radius 3 is 2.42 bits per heavy atom. The van der Waals surface area contributed by atoms with Gasteiger partial charge in [0.1, 0.15) is 0 Å². The summed E-state index contributed by atoms with van der Waals surface area (Å²) in [5.74, 6) is 0. The maximum absolute atomic E-state index is 4.32. The molecule has 0 saturated carbocycles. The second kappa shape index (κ2) is 7.02. The highest BCUT2D eigenvalue weighted by Crippen LogP contribution is 2.50. The van der Waals surface area contributed by atoms with E-state index < -0.39 is 0 Å². The van der Waals surface area contributed by atoms with Gasteiger partial charge in [-0.3, -0.25) is 0 Å². The normalized spacial score (nSPS) is 24.0. The number of rotatable bonds is 6. The number of aromatic nitrogens is 1. The van der Waals surface area contributed by atoms with Crippen LogP contribution in [0.3, 0.4) is 0 Å². The Kier molecular flexibility index (Phi) is 5.10. The van der Waals surface area contributed by atoms with Crippen molar-refractivity contribution in [3.63, 3.8) is 0 Å². The molecule has 1 aromatic heterocycles. The highest BCUT2D eigenvalue weighted by atomic mass is 15.1. The summed E-state index contributed by atoms with van der Waals surface area (Å²) >= 11 is 0. The fourth-order valence-electron chi connectivity index (χ4n) is 5.19. The Hall–Kier alpha value is -1.89. The largest absolute Gasteiger partial charge is 0.216 e. The predicted octanol–water partition coefficient (Wildman–Crippen LogP) is 6.26. The molecule has 3 rings (SSSR count). The van der Waals surface area contributed by atoms with Crippen LogP contribution in [0.15, 0.2) is 49.2 Å². The molecule has 138 valence electrons. The number of unbranched alkanes of at least 4 members (excludes halogenated alkanes) is 1. The molecule has 0 fully saturated rings. The van der Waals surface area contributed by atoms with Gasteiger partial charge in [-0.2, -0.15) is 4.57 Å². The lowest BCUT2D eigenvalue weighted by molar-refractivity contribution is -0.756. The van der Waals surface area contributed by atoms with E-state index in [-0.39, 0.29) is 11.0 Å². The maximum Gasteiger partial charge on any atom is 0.216 e. The third kappa shape index (κ3) is 2.40. The number of pyridine rings is 1. The van der Waals surface area contributed by atoms with Crippen molar-refractivity contribution in [1.29, 1.82) is 0 Å². The van der Waals surface area contributed by atoms with Gasteiger partial charge in [-0.1, -0.05) is 52.0 Å². The van der Waals surface area contributed by atoms with E-state index in [0.717, 1.165) is 19.3 Å². The van der Waals surface area contributed by atoms with Crippen molar-refractivity contribution in [2.24, 2.45) is 0 Å². The quantitative estimate of drug-likeness (QED) is 0.428. The summed E-state index contributed by atoms with van der Waals surface area (Å²) in [6.45, 7) is 16.0. The van der Waals surface area contributed by atoms with Crippen molar-refractivity contribution in [2.45, 2.75) is 77.7 Å². The third-order valence-corrected chi connectivity index (χ3v) is 7.05. The molecule has 0 spiro atoms. The zero-order valence-electron chi connectivity index (χ0n) is 17.2. The molecule has 2 aromatic rings. The zero-order valence-corrected chi connectivity index (χ0v) is 17.2. The molecule has 2 heterocycles. The van der Waals surface area contributed by atoms with Crippen LogP contribution in [0.2, 0.25) is 0 Å². The van der Waals surface area contributed by atoms with Crippen LogP contribution < -0.4 is 4.57 Å². The van der Waals surface area contributed by atoms with Crippen LogP contribution in [0.25, 0.3) is 11.3 Å².